The molecule has 0 aliphatic heterocycles. The number of carbonyl (C=O) groups excluding carboxylic acids is 1. The Labute approximate surface area is 274 Å². The van der Waals surface area contributed by atoms with Gasteiger partial charge in [0.15, 0.2) is 5.11 Å². The van der Waals surface area contributed by atoms with Crippen molar-refractivity contribution in [2.45, 2.75) is 45.1 Å². The lowest BCUT2D eigenvalue weighted by atomic mass is 10.1. The molecule has 2 N–H and O–H groups in total. The zero-order valence-corrected chi connectivity index (χ0v) is 26.4. The van der Waals surface area contributed by atoms with Crippen LogP contribution in [-0.2, 0) is 30.5 Å². The van der Waals surface area contributed by atoms with E-state index in [1.807, 2.05) is 23.6 Å². The van der Waals surface area contributed by atoms with Crippen LogP contribution >= 0.6 is 35.4 Å². The summed E-state index contributed by atoms with van der Waals surface area (Å²) in [5.74, 6) is -0.279. The van der Waals surface area contributed by atoms with Gasteiger partial charge in [0, 0.05) is 42.6 Å². The van der Waals surface area contributed by atoms with E-state index in [1.165, 1.54) is 24.3 Å². The first-order valence-electron chi connectivity index (χ1n) is 13.9. The third-order valence-electron chi connectivity index (χ3n) is 7.02. The highest BCUT2D eigenvalue weighted by Crippen LogP contribution is 2.33. The molecule has 0 fully saturated rings. The molecule has 1 heterocycles. The van der Waals surface area contributed by atoms with Crippen LogP contribution in [0.1, 0.15) is 41.3 Å². The van der Waals surface area contributed by atoms with Gasteiger partial charge >= 0.3 is 6.18 Å². The number of rotatable bonds is 11. The maximum atomic E-state index is 13.8. The van der Waals surface area contributed by atoms with Crippen molar-refractivity contribution >= 4 is 52.1 Å². The molecule has 4 aromatic rings. The molecule has 0 spiro atoms. The molecule has 4 rings (SSSR count). The lowest BCUT2D eigenvalue weighted by Crippen LogP contribution is -2.47. The molecule has 1 atom stereocenters. The van der Waals surface area contributed by atoms with Crippen LogP contribution in [0.25, 0.3) is 0 Å². The van der Waals surface area contributed by atoms with E-state index in [4.69, 9.17) is 40.7 Å². The minimum Gasteiger partial charge on any atom is -0.351 e. The minimum atomic E-state index is -4.56. The number of anilines is 1. The first-order valence-corrected chi connectivity index (χ1v) is 15.1. The number of halogens is 5. The number of nitrogens with one attached hydrogen (secondary N) is 2. The minimum absolute atomic E-state index is 0.0317. The predicted molar refractivity (Wildman–Crippen MR) is 173 cm³/mol. The monoisotopic (exact) mass is 672 g/mol. The molecule has 1 aromatic heterocycles. The Morgan fingerprint density at radius 2 is 1.87 bits per heavy atom. The molecule has 1 amide bonds. The molecule has 0 saturated heterocycles. The topological polar surface area (TPSA) is 86.0 Å². The van der Waals surface area contributed by atoms with E-state index in [2.05, 4.69) is 21.7 Å². The molecular weight excluding hydrogens is 644 g/mol. The summed E-state index contributed by atoms with van der Waals surface area (Å²) in [7, 11) is 0. The Morgan fingerprint density at radius 3 is 2.53 bits per heavy atom. The van der Waals surface area contributed by atoms with Crippen molar-refractivity contribution in [1.82, 2.24) is 19.8 Å². The first kappa shape index (κ1) is 33.8. The van der Waals surface area contributed by atoms with Crippen LogP contribution in [0.5, 0.6) is 0 Å². The molecular formula is C32H29Cl2F3N6OS. The van der Waals surface area contributed by atoms with E-state index in [9.17, 15) is 18.0 Å². The van der Waals surface area contributed by atoms with E-state index in [-0.39, 0.29) is 36.1 Å². The fourth-order valence-corrected chi connectivity index (χ4v) is 5.35. The number of alkyl halides is 3. The van der Waals surface area contributed by atoms with Gasteiger partial charge in [0.25, 0.3) is 0 Å². The Morgan fingerprint density at radius 1 is 1.13 bits per heavy atom. The van der Waals surface area contributed by atoms with Gasteiger partial charge < -0.3 is 20.1 Å². The summed E-state index contributed by atoms with van der Waals surface area (Å²) >= 11 is 18.0. The largest absolute Gasteiger partial charge is 0.416 e. The molecule has 7 nitrogen and oxygen atoms in total. The highest BCUT2D eigenvalue weighted by Gasteiger charge is 2.33. The summed E-state index contributed by atoms with van der Waals surface area (Å²) < 4.78 is 43.4. The smallest absolute Gasteiger partial charge is 0.351 e. The summed E-state index contributed by atoms with van der Waals surface area (Å²) in [5, 5.41) is 15.9. The van der Waals surface area contributed by atoms with Crippen LogP contribution in [0.3, 0.4) is 0 Å². The number of hydrogen-bond donors (Lipinski definition) is 2. The first-order chi connectivity index (χ1) is 21.5. The van der Waals surface area contributed by atoms with Crippen LogP contribution in [-0.4, -0.2) is 38.1 Å². The van der Waals surface area contributed by atoms with Gasteiger partial charge in [-0.2, -0.15) is 18.4 Å². The van der Waals surface area contributed by atoms with E-state index in [0.29, 0.717) is 40.0 Å². The van der Waals surface area contributed by atoms with E-state index < -0.39 is 17.8 Å². The Hall–Kier alpha value is -4.11. The van der Waals surface area contributed by atoms with Gasteiger partial charge in [-0.3, -0.25) is 4.79 Å². The van der Waals surface area contributed by atoms with Gasteiger partial charge in [0.05, 0.1) is 40.7 Å². The van der Waals surface area contributed by atoms with E-state index in [0.717, 1.165) is 11.6 Å². The standard InChI is InChI=1S/C32H29Cl2F3N6OS/c1-2-25(40-30(44)14-26-16-39-20-43(26)17-22-9-7-21(15-38)8-10-22)19-42(18-23-5-3-4-6-27(23)32(35,36)37)31(45)41-29-12-11-24(33)13-28(29)34/h3-13,16,20,25H,2,14,17-19H2,1H3,(H,40,44)(H,41,45)/t25-/m0/s1. The molecule has 45 heavy (non-hydrogen) atoms. The van der Waals surface area contributed by atoms with Gasteiger partial charge in [0.2, 0.25) is 5.91 Å². The Balaban J connectivity index is 1.50. The Kier molecular flexibility index (Phi) is 11.4. The number of benzene rings is 3. The number of imidazole rings is 1. The highest BCUT2D eigenvalue weighted by atomic mass is 35.5. The lowest BCUT2D eigenvalue weighted by Gasteiger charge is -2.31. The van der Waals surface area contributed by atoms with E-state index >= 15 is 0 Å². The van der Waals surface area contributed by atoms with Gasteiger partial charge in [-0.1, -0.05) is 60.5 Å². The normalized spacial score (nSPS) is 11.8. The number of amides is 1. The van der Waals surface area contributed by atoms with Gasteiger partial charge in [-0.15, -0.1) is 0 Å². The quantitative estimate of drug-likeness (QED) is 0.161. The number of carbonyl (C=O) groups is 1. The van der Waals surface area contributed by atoms with Crippen molar-refractivity contribution in [3.63, 3.8) is 0 Å². The molecule has 0 bridgehead atoms. The number of nitrogens with zero attached hydrogens (tertiary/aromatic N) is 4. The summed E-state index contributed by atoms with van der Waals surface area (Å²) in [6, 6.07) is 18.8. The van der Waals surface area contributed by atoms with Gasteiger partial charge in [0.1, 0.15) is 0 Å². The highest BCUT2D eigenvalue weighted by molar-refractivity contribution is 7.80. The summed E-state index contributed by atoms with van der Waals surface area (Å²) in [4.78, 5) is 19.0. The van der Waals surface area contributed by atoms with Crippen LogP contribution in [0, 0.1) is 11.3 Å². The second kappa shape index (κ2) is 15.3. The van der Waals surface area contributed by atoms with Crippen molar-refractivity contribution < 1.29 is 18.0 Å². The maximum absolute atomic E-state index is 13.8. The number of hydrogen-bond acceptors (Lipinski definition) is 4. The molecule has 0 aliphatic rings. The summed E-state index contributed by atoms with van der Waals surface area (Å²) in [6.45, 7) is 2.28. The van der Waals surface area contributed by atoms with Crippen molar-refractivity contribution in [1.29, 1.82) is 5.26 Å². The van der Waals surface area contributed by atoms with Crippen LogP contribution < -0.4 is 10.6 Å². The molecule has 3 aromatic carbocycles. The van der Waals surface area contributed by atoms with Crippen molar-refractivity contribution in [3.05, 3.63) is 117 Å². The molecule has 0 unspecified atom stereocenters. The SMILES string of the molecule is CC[C@@H](CN(Cc1ccccc1C(F)(F)F)C(=S)Nc1ccc(Cl)cc1Cl)NC(=O)Cc1cncn1Cc1ccc(C#N)cc1. The van der Waals surface area contributed by atoms with Crippen molar-refractivity contribution in [3.8, 4) is 6.07 Å². The van der Waals surface area contributed by atoms with Crippen LogP contribution in [0.4, 0.5) is 18.9 Å². The molecule has 13 heteroatoms. The average Bonchev–Trinajstić information content (AvgIpc) is 3.43. The lowest BCUT2D eigenvalue weighted by molar-refractivity contribution is -0.138. The van der Waals surface area contributed by atoms with Gasteiger partial charge in [-0.05, 0) is 66.2 Å². The van der Waals surface area contributed by atoms with Crippen molar-refractivity contribution in [2.24, 2.45) is 0 Å². The van der Waals surface area contributed by atoms with Gasteiger partial charge in [-0.25, -0.2) is 4.98 Å². The fourth-order valence-electron chi connectivity index (χ4n) is 4.65. The summed E-state index contributed by atoms with van der Waals surface area (Å²) in [6.07, 6.45) is -0.802. The molecule has 0 radical (unpaired) electrons. The average molecular weight is 674 g/mol. The molecule has 0 saturated carbocycles. The number of nitriles is 1. The number of aromatic nitrogens is 2. The second-order valence-electron chi connectivity index (χ2n) is 10.3. The fraction of sp³-hybridized carbons (Fsp3) is 0.250. The van der Waals surface area contributed by atoms with Crippen molar-refractivity contribution in [2.75, 3.05) is 11.9 Å². The third-order valence-corrected chi connectivity index (χ3v) is 7.93. The summed E-state index contributed by atoms with van der Waals surface area (Å²) in [5.41, 5.74) is 1.87. The predicted octanol–water partition coefficient (Wildman–Crippen LogP) is 7.47. The maximum Gasteiger partial charge on any atom is 0.416 e. The van der Waals surface area contributed by atoms with Crippen LogP contribution in [0.15, 0.2) is 79.3 Å². The van der Waals surface area contributed by atoms with E-state index in [1.54, 1.807) is 41.7 Å². The Bertz CT molecular complexity index is 1690. The third kappa shape index (κ3) is 9.44. The zero-order valence-electron chi connectivity index (χ0n) is 24.1. The second-order valence-corrected chi connectivity index (χ2v) is 11.5. The number of thiocarbonyl (C=S) groups is 1. The molecule has 0 aliphatic carbocycles. The van der Waals surface area contributed by atoms with Crippen LogP contribution in [0.2, 0.25) is 10.0 Å². The zero-order chi connectivity index (χ0) is 32.6. The molecule has 234 valence electrons.